The standard InChI is InChI=1S/C11H16BrNO/c1-3-6-13-8-9-4-5-11(14-2)10(12)7-9/h4-5,7,13H,3,6,8H2,1-2H3. The van der Waals surface area contributed by atoms with Crippen LogP contribution in [0.15, 0.2) is 22.7 Å². The van der Waals surface area contributed by atoms with Crippen LogP contribution in [0.25, 0.3) is 0 Å². The van der Waals surface area contributed by atoms with Gasteiger partial charge < -0.3 is 10.1 Å². The Labute approximate surface area is 93.8 Å². The largest absolute Gasteiger partial charge is 0.496 e. The zero-order chi connectivity index (χ0) is 10.4. The fraction of sp³-hybridized carbons (Fsp3) is 0.455. The predicted molar refractivity (Wildman–Crippen MR) is 62.7 cm³/mol. The first-order valence-electron chi connectivity index (χ1n) is 4.81. The summed E-state index contributed by atoms with van der Waals surface area (Å²) in [6.07, 6.45) is 1.16. The van der Waals surface area contributed by atoms with Gasteiger partial charge in [-0.1, -0.05) is 13.0 Å². The quantitative estimate of drug-likeness (QED) is 0.820. The molecular formula is C11H16BrNO. The van der Waals surface area contributed by atoms with Crippen molar-refractivity contribution in [2.45, 2.75) is 19.9 Å². The van der Waals surface area contributed by atoms with Crippen LogP contribution in [-0.4, -0.2) is 13.7 Å². The Balaban J connectivity index is 2.57. The highest BCUT2D eigenvalue weighted by atomic mass is 79.9. The van der Waals surface area contributed by atoms with Crippen molar-refractivity contribution in [2.75, 3.05) is 13.7 Å². The zero-order valence-electron chi connectivity index (χ0n) is 8.64. The smallest absolute Gasteiger partial charge is 0.133 e. The van der Waals surface area contributed by atoms with Crippen molar-refractivity contribution < 1.29 is 4.74 Å². The van der Waals surface area contributed by atoms with Gasteiger partial charge in [-0.2, -0.15) is 0 Å². The third-order valence-electron chi connectivity index (χ3n) is 1.97. The summed E-state index contributed by atoms with van der Waals surface area (Å²) in [6.45, 7) is 4.14. The highest BCUT2D eigenvalue weighted by Crippen LogP contribution is 2.25. The van der Waals surface area contributed by atoms with Crippen molar-refractivity contribution in [3.8, 4) is 5.75 Å². The highest BCUT2D eigenvalue weighted by molar-refractivity contribution is 9.10. The van der Waals surface area contributed by atoms with Crippen molar-refractivity contribution >= 4 is 15.9 Å². The van der Waals surface area contributed by atoms with E-state index in [1.807, 2.05) is 6.07 Å². The molecule has 1 rings (SSSR count). The van der Waals surface area contributed by atoms with Gasteiger partial charge in [0, 0.05) is 6.54 Å². The molecule has 1 N–H and O–H groups in total. The number of halogens is 1. The number of rotatable bonds is 5. The lowest BCUT2D eigenvalue weighted by Gasteiger charge is -2.06. The Hall–Kier alpha value is -0.540. The summed E-state index contributed by atoms with van der Waals surface area (Å²) in [6, 6.07) is 6.14. The van der Waals surface area contributed by atoms with Crippen LogP contribution in [0.2, 0.25) is 0 Å². The van der Waals surface area contributed by atoms with Crippen molar-refractivity contribution in [3.63, 3.8) is 0 Å². The summed E-state index contributed by atoms with van der Waals surface area (Å²) < 4.78 is 6.17. The van der Waals surface area contributed by atoms with Crippen LogP contribution in [0.4, 0.5) is 0 Å². The van der Waals surface area contributed by atoms with E-state index in [0.29, 0.717) is 0 Å². The van der Waals surface area contributed by atoms with Gasteiger partial charge in [0.15, 0.2) is 0 Å². The Morgan fingerprint density at radius 2 is 2.21 bits per heavy atom. The van der Waals surface area contributed by atoms with Gasteiger partial charge in [-0.3, -0.25) is 0 Å². The second-order valence-corrected chi connectivity index (χ2v) is 4.00. The van der Waals surface area contributed by atoms with E-state index in [-0.39, 0.29) is 0 Å². The zero-order valence-corrected chi connectivity index (χ0v) is 10.2. The first-order chi connectivity index (χ1) is 6.77. The first kappa shape index (κ1) is 11.5. The van der Waals surface area contributed by atoms with Gasteiger partial charge in [0.2, 0.25) is 0 Å². The summed E-state index contributed by atoms with van der Waals surface area (Å²) in [5.41, 5.74) is 1.27. The number of ether oxygens (including phenoxy) is 1. The van der Waals surface area contributed by atoms with E-state index in [1.54, 1.807) is 7.11 Å². The summed E-state index contributed by atoms with van der Waals surface area (Å²) in [4.78, 5) is 0. The SMILES string of the molecule is CCCNCc1ccc(OC)c(Br)c1. The summed E-state index contributed by atoms with van der Waals surface area (Å²) in [5, 5.41) is 3.35. The molecule has 0 aliphatic rings. The molecule has 0 saturated heterocycles. The van der Waals surface area contributed by atoms with Gasteiger partial charge >= 0.3 is 0 Å². The maximum absolute atomic E-state index is 5.16. The van der Waals surface area contributed by atoms with E-state index in [1.165, 1.54) is 5.56 Å². The molecule has 14 heavy (non-hydrogen) atoms. The monoisotopic (exact) mass is 257 g/mol. The van der Waals surface area contributed by atoms with Gasteiger partial charge in [-0.25, -0.2) is 0 Å². The second kappa shape index (κ2) is 6.04. The lowest BCUT2D eigenvalue weighted by Crippen LogP contribution is -2.13. The van der Waals surface area contributed by atoms with Crippen LogP contribution >= 0.6 is 15.9 Å². The molecular weight excluding hydrogens is 242 g/mol. The number of benzene rings is 1. The average Bonchev–Trinajstić information content (AvgIpc) is 2.18. The van der Waals surface area contributed by atoms with E-state index in [4.69, 9.17) is 4.74 Å². The Morgan fingerprint density at radius 1 is 1.43 bits per heavy atom. The molecule has 2 nitrogen and oxygen atoms in total. The van der Waals surface area contributed by atoms with Gasteiger partial charge in [-0.15, -0.1) is 0 Å². The van der Waals surface area contributed by atoms with E-state index in [9.17, 15) is 0 Å². The van der Waals surface area contributed by atoms with E-state index >= 15 is 0 Å². The number of hydrogen-bond donors (Lipinski definition) is 1. The molecule has 1 aromatic rings. The Kier molecular flexibility index (Phi) is 4.98. The van der Waals surface area contributed by atoms with Crippen molar-refractivity contribution in [3.05, 3.63) is 28.2 Å². The molecule has 0 amide bonds. The summed E-state index contributed by atoms with van der Waals surface area (Å²) >= 11 is 3.46. The number of hydrogen-bond acceptors (Lipinski definition) is 2. The normalized spacial score (nSPS) is 10.2. The molecule has 0 atom stereocenters. The first-order valence-corrected chi connectivity index (χ1v) is 5.60. The number of nitrogens with one attached hydrogen (secondary N) is 1. The van der Waals surface area contributed by atoms with Gasteiger partial charge in [0.1, 0.15) is 5.75 Å². The molecule has 0 unspecified atom stereocenters. The molecule has 1 aromatic carbocycles. The van der Waals surface area contributed by atoms with Crippen LogP contribution in [0.1, 0.15) is 18.9 Å². The van der Waals surface area contributed by atoms with E-state index in [0.717, 1.165) is 29.7 Å². The molecule has 0 spiro atoms. The Bertz CT molecular complexity index is 289. The van der Waals surface area contributed by atoms with Crippen molar-refractivity contribution in [1.29, 1.82) is 0 Å². The lowest BCUT2D eigenvalue weighted by molar-refractivity contribution is 0.412. The van der Waals surface area contributed by atoms with Gasteiger partial charge in [0.05, 0.1) is 11.6 Å². The van der Waals surface area contributed by atoms with Crippen molar-refractivity contribution in [2.24, 2.45) is 0 Å². The topological polar surface area (TPSA) is 21.3 Å². The fourth-order valence-electron chi connectivity index (χ4n) is 1.23. The highest BCUT2D eigenvalue weighted by Gasteiger charge is 2.00. The minimum absolute atomic E-state index is 0.879. The maximum Gasteiger partial charge on any atom is 0.133 e. The van der Waals surface area contributed by atoms with Crippen LogP contribution in [0.3, 0.4) is 0 Å². The molecule has 0 radical (unpaired) electrons. The molecule has 3 heteroatoms. The molecule has 0 aliphatic heterocycles. The lowest BCUT2D eigenvalue weighted by atomic mass is 10.2. The molecule has 0 saturated carbocycles. The van der Waals surface area contributed by atoms with Crippen molar-refractivity contribution in [1.82, 2.24) is 5.32 Å². The molecule has 0 bridgehead atoms. The predicted octanol–water partition coefficient (Wildman–Crippen LogP) is 2.96. The summed E-state index contributed by atoms with van der Waals surface area (Å²) in [5.74, 6) is 0.879. The van der Waals surface area contributed by atoms with Crippen LogP contribution in [0.5, 0.6) is 5.75 Å². The van der Waals surface area contributed by atoms with E-state index in [2.05, 4.69) is 40.3 Å². The van der Waals surface area contributed by atoms with Gasteiger partial charge in [-0.05, 0) is 46.6 Å². The maximum atomic E-state index is 5.16. The third-order valence-corrected chi connectivity index (χ3v) is 2.59. The third kappa shape index (κ3) is 3.31. The van der Waals surface area contributed by atoms with E-state index < -0.39 is 0 Å². The molecule has 0 aliphatic carbocycles. The Morgan fingerprint density at radius 3 is 2.79 bits per heavy atom. The minimum atomic E-state index is 0.879. The van der Waals surface area contributed by atoms with Crippen LogP contribution < -0.4 is 10.1 Å². The number of methoxy groups -OCH3 is 1. The molecule has 0 aromatic heterocycles. The molecule has 78 valence electrons. The van der Waals surface area contributed by atoms with Crippen LogP contribution in [-0.2, 0) is 6.54 Å². The minimum Gasteiger partial charge on any atom is -0.496 e. The fourth-order valence-corrected chi connectivity index (χ4v) is 1.82. The average molecular weight is 258 g/mol. The molecule has 0 fully saturated rings. The van der Waals surface area contributed by atoms with Crippen LogP contribution in [0, 0.1) is 0 Å². The molecule has 0 heterocycles. The van der Waals surface area contributed by atoms with Gasteiger partial charge in [0.25, 0.3) is 0 Å². The second-order valence-electron chi connectivity index (χ2n) is 3.15. The summed E-state index contributed by atoms with van der Waals surface area (Å²) in [7, 11) is 1.68.